The Morgan fingerprint density at radius 1 is 1.42 bits per heavy atom. The number of aromatic nitrogens is 2. The number of anilines is 1. The zero-order chi connectivity index (χ0) is 13.6. The molecule has 0 bridgehead atoms. The molecule has 1 aliphatic heterocycles. The van der Waals surface area contributed by atoms with Gasteiger partial charge in [0.1, 0.15) is 0 Å². The van der Waals surface area contributed by atoms with Gasteiger partial charge in [0.05, 0.1) is 17.0 Å². The zero-order valence-electron chi connectivity index (χ0n) is 10.5. The molecule has 0 radical (unpaired) electrons. The second kappa shape index (κ2) is 4.08. The molecule has 1 aliphatic rings. The number of para-hydroxylation sites is 2. The largest absolute Gasteiger partial charge is 0.369 e. The number of nitrogens with two attached hydrogens (primary N) is 1. The molecule has 3 rings (SSSR count). The SMILES string of the molecule is Cn1c(N2CC(C(N)=O)CC2=O)nc2ccccc21. The number of imidazole rings is 1. The van der Waals surface area contributed by atoms with Crippen LogP contribution in [0.5, 0.6) is 0 Å². The summed E-state index contributed by atoms with van der Waals surface area (Å²) in [4.78, 5) is 29.2. The molecular weight excluding hydrogens is 244 g/mol. The molecule has 1 unspecified atom stereocenters. The summed E-state index contributed by atoms with van der Waals surface area (Å²) in [5, 5.41) is 0. The Bertz CT molecular complexity index is 676. The monoisotopic (exact) mass is 258 g/mol. The highest BCUT2D eigenvalue weighted by atomic mass is 16.2. The molecule has 0 aliphatic carbocycles. The molecule has 1 atom stereocenters. The first kappa shape index (κ1) is 11.7. The van der Waals surface area contributed by atoms with Gasteiger partial charge in [-0.05, 0) is 12.1 Å². The number of hydrogen-bond donors (Lipinski definition) is 1. The van der Waals surface area contributed by atoms with Crippen molar-refractivity contribution in [2.75, 3.05) is 11.4 Å². The van der Waals surface area contributed by atoms with Gasteiger partial charge in [0.2, 0.25) is 17.8 Å². The molecule has 98 valence electrons. The van der Waals surface area contributed by atoms with Gasteiger partial charge in [-0.2, -0.15) is 0 Å². The fourth-order valence-electron chi connectivity index (χ4n) is 2.47. The summed E-state index contributed by atoms with van der Waals surface area (Å²) in [6, 6.07) is 7.66. The number of nitrogens with zero attached hydrogens (tertiary/aromatic N) is 3. The predicted molar refractivity (Wildman–Crippen MR) is 70.4 cm³/mol. The number of fused-ring (bicyclic) bond motifs is 1. The smallest absolute Gasteiger partial charge is 0.230 e. The Labute approximate surface area is 109 Å². The molecule has 1 aromatic heterocycles. The van der Waals surface area contributed by atoms with Gasteiger partial charge in [0, 0.05) is 20.0 Å². The van der Waals surface area contributed by atoms with Crippen LogP contribution in [0.15, 0.2) is 24.3 Å². The standard InChI is InChI=1S/C13H14N4O2/c1-16-10-5-3-2-4-9(10)15-13(16)17-7-8(12(14)19)6-11(17)18/h2-5,8H,6-7H2,1H3,(H2,14,19). The minimum absolute atomic E-state index is 0.109. The van der Waals surface area contributed by atoms with Gasteiger partial charge in [-0.1, -0.05) is 12.1 Å². The lowest BCUT2D eigenvalue weighted by atomic mass is 10.1. The Morgan fingerprint density at radius 3 is 2.79 bits per heavy atom. The molecule has 19 heavy (non-hydrogen) atoms. The molecule has 0 saturated carbocycles. The Balaban J connectivity index is 2.03. The Kier molecular flexibility index (Phi) is 2.51. The number of aryl methyl sites for hydroxylation is 1. The van der Waals surface area contributed by atoms with Gasteiger partial charge in [-0.25, -0.2) is 4.98 Å². The molecule has 6 nitrogen and oxygen atoms in total. The molecule has 2 heterocycles. The minimum atomic E-state index is -0.436. The molecule has 1 saturated heterocycles. The Morgan fingerprint density at radius 2 is 2.16 bits per heavy atom. The first-order valence-electron chi connectivity index (χ1n) is 6.09. The number of primary amides is 1. The predicted octanol–water partition coefficient (Wildman–Crippen LogP) is 0.412. The van der Waals surface area contributed by atoms with Crippen LogP contribution in [0.25, 0.3) is 11.0 Å². The summed E-state index contributed by atoms with van der Waals surface area (Å²) in [6.45, 7) is 0.311. The third kappa shape index (κ3) is 1.76. The average Bonchev–Trinajstić information content (AvgIpc) is 2.91. The average molecular weight is 258 g/mol. The number of carbonyl (C=O) groups excluding carboxylic acids is 2. The van der Waals surface area contributed by atoms with E-state index in [1.54, 1.807) is 0 Å². The second-order valence-corrected chi connectivity index (χ2v) is 4.77. The number of carbonyl (C=O) groups is 2. The van der Waals surface area contributed by atoms with E-state index < -0.39 is 11.8 Å². The maximum atomic E-state index is 12.0. The third-order valence-electron chi connectivity index (χ3n) is 3.53. The third-order valence-corrected chi connectivity index (χ3v) is 3.53. The summed E-state index contributed by atoms with van der Waals surface area (Å²) in [5.41, 5.74) is 7.05. The topological polar surface area (TPSA) is 81.2 Å². The van der Waals surface area contributed by atoms with E-state index in [0.29, 0.717) is 12.5 Å². The molecule has 0 spiro atoms. The minimum Gasteiger partial charge on any atom is -0.369 e. The van der Waals surface area contributed by atoms with Gasteiger partial charge >= 0.3 is 0 Å². The molecular formula is C13H14N4O2. The van der Waals surface area contributed by atoms with Crippen LogP contribution in [0, 0.1) is 5.92 Å². The molecule has 1 aromatic carbocycles. The molecule has 6 heteroatoms. The van der Waals surface area contributed by atoms with Gasteiger partial charge in [0.25, 0.3) is 0 Å². The molecule has 1 fully saturated rings. The zero-order valence-corrected chi connectivity index (χ0v) is 10.5. The van der Waals surface area contributed by atoms with Crippen LogP contribution in [0.3, 0.4) is 0 Å². The van der Waals surface area contributed by atoms with Crippen molar-refractivity contribution in [3.8, 4) is 0 Å². The molecule has 2 N–H and O–H groups in total. The van der Waals surface area contributed by atoms with Crippen LogP contribution < -0.4 is 10.6 Å². The van der Waals surface area contributed by atoms with E-state index in [-0.39, 0.29) is 12.3 Å². The maximum Gasteiger partial charge on any atom is 0.230 e. The summed E-state index contributed by atoms with van der Waals surface area (Å²) in [6.07, 6.45) is 0.165. The van der Waals surface area contributed by atoms with E-state index in [1.807, 2.05) is 35.9 Å². The highest BCUT2D eigenvalue weighted by Gasteiger charge is 2.36. The normalized spacial score (nSPS) is 19.3. The van der Waals surface area contributed by atoms with Gasteiger partial charge in [-0.3, -0.25) is 14.5 Å². The number of rotatable bonds is 2. The van der Waals surface area contributed by atoms with E-state index >= 15 is 0 Å². The lowest BCUT2D eigenvalue weighted by Crippen LogP contribution is -2.30. The van der Waals surface area contributed by atoms with Crippen LogP contribution in [0.4, 0.5) is 5.95 Å². The van der Waals surface area contributed by atoms with Crippen LogP contribution in [0.1, 0.15) is 6.42 Å². The van der Waals surface area contributed by atoms with E-state index in [0.717, 1.165) is 11.0 Å². The van der Waals surface area contributed by atoms with Crippen molar-refractivity contribution in [1.82, 2.24) is 9.55 Å². The fraction of sp³-hybridized carbons (Fsp3) is 0.308. The van der Waals surface area contributed by atoms with E-state index in [4.69, 9.17) is 5.73 Å². The van der Waals surface area contributed by atoms with Crippen molar-refractivity contribution in [1.29, 1.82) is 0 Å². The number of amides is 2. The van der Waals surface area contributed by atoms with Crippen molar-refractivity contribution >= 4 is 28.8 Å². The van der Waals surface area contributed by atoms with Crippen LogP contribution in [-0.4, -0.2) is 27.9 Å². The molecule has 2 aromatic rings. The summed E-state index contributed by atoms with van der Waals surface area (Å²) in [5.74, 6) is -0.404. The summed E-state index contributed by atoms with van der Waals surface area (Å²) < 4.78 is 1.86. The van der Waals surface area contributed by atoms with E-state index in [1.165, 1.54) is 4.90 Å². The van der Waals surface area contributed by atoms with Crippen molar-refractivity contribution in [2.24, 2.45) is 18.7 Å². The van der Waals surface area contributed by atoms with Gasteiger partial charge in [-0.15, -0.1) is 0 Å². The van der Waals surface area contributed by atoms with Gasteiger partial charge in [0.15, 0.2) is 0 Å². The highest BCUT2D eigenvalue weighted by molar-refractivity contribution is 6.00. The second-order valence-electron chi connectivity index (χ2n) is 4.77. The Hall–Kier alpha value is -2.37. The van der Waals surface area contributed by atoms with Crippen molar-refractivity contribution < 1.29 is 9.59 Å². The van der Waals surface area contributed by atoms with Crippen LogP contribution >= 0.6 is 0 Å². The van der Waals surface area contributed by atoms with E-state index in [2.05, 4.69) is 4.98 Å². The first-order valence-corrected chi connectivity index (χ1v) is 6.09. The number of hydrogen-bond acceptors (Lipinski definition) is 3. The molecule has 2 amide bonds. The van der Waals surface area contributed by atoms with Crippen LogP contribution in [-0.2, 0) is 16.6 Å². The summed E-state index contributed by atoms with van der Waals surface area (Å²) >= 11 is 0. The van der Waals surface area contributed by atoms with E-state index in [9.17, 15) is 9.59 Å². The first-order chi connectivity index (χ1) is 9.08. The van der Waals surface area contributed by atoms with Gasteiger partial charge < -0.3 is 10.3 Å². The maximum absolute atomic E-state index is 12.0. The lowest BCUT2D eigenvalue weighted by molar-refractivity contribution is -0.123. The van der Waals surface area contributed by atoms with Crippen molar-refractivity contribution in [3.63, 3.8) is 0 Å². The number of benzene rings is 1. The quantitative estimate of drug-likeness (QED) is 0.847. The van der Waals surface area contributed by atoms with Crippen LogP contribution in [0.2, 0.25) is 0 Å². The van der Waals surface area contributed by atoms with Crippen molar-refractivity contribution in [3.05, 3.63) is 24.3 Å². The lowest BCUT2D eigenvalue weighted by Gasteiger charge is -2.15. The fourth-order valence-corrected chi connectivity index (χ4v) is 2.47. The summed E-state index contributed by atoms with van der Waals surface area (Å²) in [7, 11) is 1.86. The highest BCUT2D eigenvalue weighted by Crippen LogP contribution is 2.27. The van der Waals surface area contributed by atoms with Crippen molar-refractivity contribution in [2.45, 2.75) is 6.42 Å².